The number of aliphatic hydroxyl groups is 1. The molecule has 4 aromatic carbocycles. The number of amides is 1. The van der Waals surface area contributed by atoms with Crippen LogP contribution in [0.3, 0.4) is 0 Å². The van der Waals surface area contributed by atoms with Crippen LogP contribution >= 0.6 is 11.3 Å². The summed E-state index contributed by atoms with van der Waals surface area (Å²) in [4.78, 5) is 33.9. The molecule has 2 aliphatic heterocycles. The number of ketones is 1. The fourth-order valence-electron chi connectivity index (χ4n) is 6.01. The van der Waals surface area contributed by atoms with E-state index in [1.54, 1.807) is 30.3 Å². The molecule has 0 unspecified atom stereocenters. The Labute approximate surface area is 270 Å². The maximum absolute atomic E-state index is 13.9. The Morgan fingerprint density at radius 3 is 2.63 bits per heavy atom. The predicted molar refractivity (Wildman–Crippen MR) is 178 cm³/mol. The molecule has 46 heavy (non-hydrogen) atoms. The molecule has 5 aromatic rings. The van der Waals surface area contributed by atoms with Crippen molar-refractivity contribution < 1.29 is 28.9 Å². The van der Waals surface area contributed by atoms with Gasteiger partial charge in [0.25, 0.3) is 5.78 Å². The standard InChI is InChI=1S/C37H32N2O6S/c1-4-43-30-19-24(11-15-29(30)44-20-23-8-6-5-7-9-23)33-32(34(40)25-12-14-28-26(18-25)17-22(3)45-28)35(41)36(42)39(33)37-38-27-13-10-21(2)16-31(27)46-37/h5-16,18-19,22,33,40H,4,17,20H2,1-3H3/b34-32+/t22-,33+/m0/s1. The lowest BCUT2D eigenvalue weighted by Crippen LogP contribution is -2.29. The van der Waals surface area contributed by atoms with Crippen molar-refractivity contribution in [3.05, 3.63) is 118 Å². The van der Waals surface area contributed by atoms with Gasteiger partial charge in [0.1, 0.15) is 24.2 Å². The summed E-state index contributed by atoms with van der Waals surface area (Å²) >= 11 is 1.33. The molecule has 2 atom stereocenters. The molecule has 8 nitrogen and oxygen atoms in total. The van der Waals surface area contributed by atoms with Gasteiger partial charge >= 0.3 is 5.91 Å². The molecule has 1 aromatic heterocycles. The van der Waals surface area contributed by atoms with E-state index in [0.29, 0.717) is 47.4 Å². The zero-order valence-electron chi connectivity index (χ0n) is 25.7. The lowest BCUT2D eigenvalue weighted by Gasteiger charge is -2.24. The number of benzene rings is 4. The first-order valence-electron chi connectivity index (χ1n) is 15.2. The Kier molecular flexibility index (Phi) is 7.70. The number of ether oxygens (including phenoxy) is 3. The number of carbonyl (C=O) groups is 2. The first kappa shape index (κ1) is 29.6. The number of aliphatic hydroxyl groups excluding tert-OH is 1. The molecule has 0 aliphatic carbocycles. The Morgan fingerprint density at radius 1 is 1.00 bits per heavy atom. The maximum atomic E-state index is 13.9. The fourth-order valence-corrected chi connectivity index (χ4v) is 7.10. The van der Waals surface area contributed by atoms with E-state index < -0.39 is 17.7 Å². The highest BCUT2D eigenvalue weighted by Gasteiger charge is 2.48. The zero-order chi connectivity index (χ0) is 31.9. The fraction of sp³-hybridized carbons (Fsp3) is 0.216. The van der Waals surface area contributed by atoms with Crippen LogP contribution in [-0.4, -0.2) is 34.5 Å². The van der Waals surface area contributed by atoms with E-state index in [9.17, 15) is 14.7 Å². The van der Waals surface area contributed by atoms with E-state index in [1.807, 2.05) is 75.4 Å². The number of aryl methyl sites for hydroxylation is 1. The second kappa shape index (κ2) is 12.0. The van der Waals surface area contributed by atoms with Crippen LogP contribution in [0.5, 0.6) is 17.2 Å². The molecule has 9 heteroatoms. The molecule has 1 fully saturated rings. The van der Waals surface area contributed by atoms with Crippen LogP contribution < -0.4 is 19.1 Å². The average molecular weight is 633 g/mol. The van der Waals surface area contributed by atoms with Gasteiger partial charge < -0.3 is 19.3 Å². The van der Waals surface area contributed by atoms with E-state index >= 15 is 0 Å². The number of hydrogen-bond donors (Lipinski definition) is 1. The van der Waals surface area contributed by atoms with E-state index in [1.165, 1.54) is 16.2 Å². The predicted octanol–water partition coefficient (Wildman–Crippen LogP) is 7.53. The lowest BCUT2D eigenvalue weighted by atomic mass is 9.94. The third-order valence-corrected chi connectivity index (χ3v) is 9.19. The van der Waals surface area contributed by atoms with E-state index in [0.717, 1.165) is 32.7 Å². The summed E-state index contributed by atoms with van der Waals surface area (Å²) < 4.78 is 18.9. The van der Waals surface area contributed by atoms with Crippen LogP contribution in [-0.2, 0) is 22.6 Å². The van der Waals surface area contributed by atoms with Gasteiger partial charge in [0.15, 0.2) is 16.6 Å². The summed E-state index contributed by atoms with van der Waals surface area (Å²) in [5.41, 5.74) is 4.71. The highest BCUT2D eigenvalue weighted by molar-refractivity contribution is 7.22. The first-order valence-corrected chi connectivity index (χ1v) is 16.0. The van der Waals surface area contributed by atoms with Crippen LogP contribution in [0.2, 0.25) is 0 Å². The van der Waals surface area contributed by atoms with Crippen molar-refractivity contribution in [1.29, 1.82) is 0 Å². The van der Waals surface area contributed by atoms with Crippen molar-refractivity contribution in [1.82, 2.24) is 4.98 Å². The third-order valence-electron chi connectivity index (χ3n) is 8.17. The van der Waals surface area contributed by atoms with Crippen LogP contribution in [0.15, 0.2) is 90.5 Å². The summed E-state index contributed by atoms with van der Waals surface area (Å²) in [5, 5.41) is 12.1. The Bertz CT molecular complexity index is 2020. The number of thiazole rings is 1. The molecule has 232 valence electrons. The van der Waals surface area contributed by atoms with E-state index in [-0.39, 0.29) is 17.4 Å². The molecule has 1 saturated heterocycles. The summed E-state index contributed by atoms with van der Waals surface area (Å²) in [7, 11) is 0. The molecule has 1 N–H and O–H groups in total. The minimum Gasteiger partial charge on any atom is -0.507 e. The minimum absolute atomic E-state index is 0.0141. The second-order valence-corrected chi connectivity index (χ2v) is 12.5. The average Bonchev–Trinajstić information content (AvgIpc) is 3.72. The molecular formula is C37H32N2O6S. The zero-order valence-corrected chi connectivity index (χ0v) is 26.5. The van der Waals surface area contributed by atoms with Crippen LogP contribution in [0, 0.1) is 6.92 Å². The van der Waals surface area contributed by atoms with Gasteiger partial charge in [0, 0.05) is 12.0 Å². The number of nitrogens with zero attached hydrogens (tertiary/aromatic N) is 2. The number of anilines is 1. The van der Waals surface area contributed by atoms with Crippen molar-refractivity contribution in [2.24, 2.45) is 0 Å². The lowest BCUT2D eigenvalue weighted by molar-refractivity contribution is -0.132. The first-order chi connectivity index (χ1) is 22.3. The second-order valence-electron chi connectivity index (χ2n) is 11.5. The van der Waals surface area contributed by atoms with Crippen molar-refractivity contribution in [2.75, 3.05) is 11.5 Å². The van der Waals surface area contributed by atoms with Gasteiger partial charge in [-0.25, -0.2) is 4.98 Å². The maximum Gasteiger partial charge on any atom is 0.301 e. The number of rotatable bonds is 8. The van der Waals surface area contributed by atoms with E-state index in [4.69, 9.17) is 19.2 Å². The van der Waals surface area contributed by atoms with Gasteiger partial charge in [-0.1, -0.05) is 53.8 Å². The summed E-state index contributed by atoms with van der Waals surface area (Å²) in [6.07, 6.45) is 0.696. The Hall–Kier alpha value is -5.15. The third kappa shape index (κ3) is 5.37. The quantitative estimate of drug-likeness (QED) is 0.107. The van der Waals surface area contributed by atoms with Gasteiger partial charge in [0.05, 0.1) is 28.4 Å². The normalized spacial score (nSPS) is 18.5. The number of hydrogen-bond acceptors (Lipinski definition) is 8. The van der Waals surface area contributed by atoms with Gasteiger partial charge in [-0.05, 0) is 85.5 Å². The summed E-state index contributed by atoms with van der Waals surface area (Å²) in [5.74, 6) is -0.0706. The van der Waals surface area contributed by atoms with Crippen LogP contribution in [0.25, 0.3) is 16.0 Å². The summed E-state index contributed by atoms with van der Waals surface area (Å²) in [6, 6.07) is 25.4. The number of fused-ring (bicyclic) bond motifs is 2. The molecule has 0 radical (unpaired) electrons. The number of Topliss-reactive ketones (excluding diaryl/α,β-unsaturated/α-hetero) is 1. The number of carbonyl (C=O) groups excluding carboxylic acids is 2. The monoisotopic (exact) mass is 632 g/mol. The molecule has 7 rings (SSSR count). The molecule has 3 heterocycles. The van der Waals surface area contributed by atoms with Gasteiger partial charge in [0.2, 0.25) is 0 Å². The largest absolute Gasteiger partial charge is 0.507 e. The summed E-state index contributed by atoms with van der Waals surface area (Å²) in [6.45, 7) is 6.56. The molecule has 0 bridgehead atoms. The van der Waals surface area contributed by atoms with Gasteiger partial charge in [-0.3, -0.25) is 14.5 Å². The van der Waals surface area contributed by atoms with Crippen molar-refractivity contribution >= 4 is 44.1 Å². The van der Waals surface area contributed by atoms with Crippen molar-refractivity contribution in [3.8, 4) is 17.2 Å². The van der Waals surface area contributed by atoms with Crippen LogP contribution in [0.1, 0.15) is 47.7 Å². The Balaban J connectivity index is 1.36. The highest BCUT2D eigenvalue weighted by Crippen LogP contribution is 2.46. The molecule has 2 aliphatic rings. The van der Waals surface area contributed by atoms with Gasteiger partial charge in [-0.15, -0.1) is 0 Å². The molecule has 1 amide bonds. The van der Waals surface area contributed by atoms with Crippen molar-refractivity contribution in [2.45, 2.75) is 45.9 Å². The molecule has 0 saturated carbocycles. The minimum atomic E-state index is -0.965. The number of aromatic nitrogens is 1. The van der Waals surface area contributed by atoms with E-state index in [2.05, 4.69) is 0 Å². The van der Waals surface area contributed by atoms with Crippen LogP contribution in [0.4, 0.5) is 5.13 Å². The van der Waals surface area contributed by atoms with Crippen molar-refractivity contribution in [3.63, 3.8) is 0 Å². The molecular weight excluding hydrogens is 600 g/mol. The Morgan fingerprint density at radius 2 is 1.83 bits per heavy atom. The smallest absolute Gasteiger partial charge is 0.301 e. The topological polar surface area (TPSA) is 98.2 Å². The van der Waals surface area contributed by atoms with Gasteiger partial charge in [-0.2, -0.15) is 0 Å². The highest BCUT2D eigenvalue weighted by atomic mass is 32.1. The SMILES string of the molecule is CCOc1cc([C@@H]2/C(=C(\O)c3ccc4c(c3)C[C@H](C)O4)C(=O)C(=O)N2c2nc3ccc(C)cc3s2)ccc1OCc1ccccc1. The molecule has 0 spiro atoms.